The van der Waals surface area contributed by atoms with Crippen LogP contribution in [0.3, 0.4) is 0 Å². The molecule has 0 bridgehead atoms. The van der Waals surface area contributed by atoms with Gasteiger partial charge in [-0.3, -0.25) is 4.79 Å². The van der Waals surface area contributed by atoms with Crippen LogP contribution in [0, 0.1) is 12.8 Å². The van der Waals surface area contributed by atoms with Crippen LogP contribution in [0.1, 0.15) is 17.8 Å². The summed E-state index contributed by atoms with van der Waals surface area (Å²) >= 11 is 3.01. The molecule has 184 valence electrons. The van der Waals surface area contributed by atoms with Gasteiger partial charge in [-0.15, -0.1) is 11.3 Å². The highest BCUT2D eigenvalue weighted by Gasteiger charge is 2.33. The Balaban J connectivity index is 1.27. The molecular weight excluding hydrogens is 529 g/mol. The zero-order valence-corrected chi connectivity index (χ0v) is 22.2. The van der Waals surface area contributed by atoms with Gasteiger partial charge in [-0.25, -0.2) is 26.8 Å². The standard InChI is InChI=1S/C22H22N4O5S4/c1-13-23-17-6-7-18-20(19(17)32-13)33-22(24-18)25-21(27)14-8-10-26(11-9-14)35(30,31)16-5-3-4-15(12-16)34(2,28)29/h3-7,12,14H,8-11H2,1-2H3,(H,24,25,27). The van der Waals surface area contributed by atoms with E-state index in [0.717, 1.165) is 31.7 Å². The second kappa shape index (κ2) is 8.89. The predicted molar refractivity (Wildman–Crippen MR) is 137 cm³/mol. The molecule has 1 fully saturated rings. The maximum atomic E-state index is 13.1. The molecule has 0 radical (unpaired) electrons. The zero-order chi connectivity index (χ0) is 25.0. The quantitative estimate of drug-likeness (QED) is 0.402. The van der Waals surface area contributed by atoms with Crippen LogP contribution in [0.25, 0.3) is 20.4 Å². The number of rotatable bonds is 5. The van der Waals surface area contributed by atoms with Gasteiger partial charge in [-0.2, -0.15) is 4.31 Å². The first-order valence-electron chi connectivity index (χ1n) is 10.8. The number of sulfonamides is 1. The highest BCUT2D eigenvalue weighted by molar-refractivity contribution is 7.91. The van der Waals surface area contributed by atoms with Crippen molar-refractivity contribution in [3.05, 3.63) is 41.4 Å². The molecule has 2 aromatic heterocycles. The van der Waals surface area contributed by atoms with Gasteiger partial charge >= 0.3 is 0 Å². The van der Waals surface area contributed by atoms with Crippen LogP contribution in [-0.2, 0) is 24.7 Å². The van der Waals surface area contributed by atoms with Crippen molar-refractivity contribution < 1.29 is 21.6 Å². The van der Waals surface area contributed by atoms with Crippen molar-refractivity contribution in [3.63, 3.8) is 0 Å². The smallest absolute Gasteiger partial charge is 0.243 e. The van der Waals surface area contributed by atoms with E-state index in [1.807, 2.05) is 19.1 Å². The van der Waals surface area contributed by atoms with E-state index >= 15 is 0 Å². The summed E-state index contributed by atoms with van der Waals surface area (Å²) in [6.45, 7) is 2.30. The van der Waals surface area contributed by atoms with Crippen molar-refractivity contribution in [3.8, 4) is 0 Å². The first-order chi connectivity index (χ1) is 16.5. The molecule has 1 saturated heterocycles. The Morgan fingerprint density at radius 1 is 0.971 bits per heavy atom. The molecule has 1 N–H and O–H groups in total. The second-order valence-electron chi connectivity index (χ2n) is 8.43. The molecule has 1 aliphatic rings. The number of nitrogens with zero attached hydrogens (tertiary/aromatic N) is 3. The summed E-state index contributed by atoms with van der Waals surface area (Å²) in [7, 11) is -7.40. The summed E-state index contributed by atoms with van der Waals surface area (Å²) in [5, 5.41) is 4.38. The van der Waals surface area contributed by atoms with E-state index in [4.69, 9.17) is 0 Å². The van der Waals surface area contributed by atoms with Crippen LogP contribution < -0.4 is 5.32 Å². The Labute approximate surface area is 210 Å². The first kappa shape index (κ1) is 24.3. The predicted octanol–water partition coefficient (Wildman–Crippen LogP) is 3.66. The zero-order valence-electron chi connectivity index (χ0n) is 18.9. The van der Waals surface area contributed by atoms with Gasteiger partial charge in [0.1, 0.15) is 0 Å². The maximum absolute atomic E-state index is 13.1. The van der Waals surface area contributed by atoms with Crippen LogP contribution in [-0.4, -0.2) is 56.4 Å². The third-order valence-corrected chi connectivity index (χ3v) is 11.1. The number of thiazole rings is 2. The van der Waals surface area contributed by atoms with Gasteiger partial charge in [0.2, 0.25) is 15.9 Å². The lowest BCUT2D eigenvalue weighted by Crippen LogP contribution is -2.41. The fraction of sp³-hybridized carbons (Fsp3) is 0.318. The molecule has 0 spiro atoms. The van der Waals surface area contributed by atoms with Gasteiger partial charge in [-0.1, -0.05) is 17.4 Å². The van der Waals surface area contributed by atoms with Crippen molar-refractivity contribution in [1.29, 1.82) is 0 Å². The summed E-state index contributed by atoms with van der Waals surface area (Å²) in [5.74, 6) is -0.529. The minimum absolute atomic E-state index is 0.0468. The average molecular weight is 551 g/mol. The molecule has 4 aromatic rings. The van der Waals surface area contributed by atoms with Crippen molar-refractivity contribution in [2.75, 3.05) is 24.7 Å². The molecule has 35 heavy (non-hydrogen) atoms. The highest BCUT2D eigenvalue weighted by atomic mass is 32.2. The van der Waals surface area contributed by atoms with E-state index in [9.17, 15) is 21.6 Å². The number of sulfone groups is 1. The van der Waals surface area contributed by atoms with E-state index in [0.29, 0.717) is 18.0 Å². The van der Waals surface area contributed by atoms with Gasteiger partial charge in [0, 0.05) is 25.3 Å². The Hall–Kier alpha value is -2.45. The number of aromatic nitrogens is 2. The molecule has 5 rings (SSSR count). The Bertz CT molecular complexity index is 1670. The molecule has 0 atom stereocenters. The minimum Gasteiger partial charge on any atom is -0.302 e. The summed E-state index contributed by atoms with van der Waals surface area (Å²) < 4.78 is 53.1. The summed E-state index contributed by atoms with van der Waals surface area (Å²) in [5.41, 5.74) is 1.72. The van der Waals surface area contributed by atoms with E-state index in [1.54, 1.807) is 11.3 Å². The first-order valence-corrected chi connectivity index (χ1v) is 15.8. The van der Waals surface area contributed by atoms with Crippen LogP contribution in [0.5, 0.6) is 0 Å². The Morgan fingerprint density at radius 2 is 1.60 bits per heavy atom. The third kappa shape index (κ3) is 4.70. The number of aryl methyl sites for hydroxylation is 1. The lowest BCUT2D eigenvalue weighted by atomic mass is 9.97. The largest absolute Gasteiger partial charge is 0.302 e. The van der Waals surface area contributed by atoms with Gasteiger partial charge in [0.25, 0.3) is 0 Å². The molecule has 1 amide bonds. The summed E-state index contributed by atoms with van der Waals surface area (Å²) in [4.78, 5) is 21.8. The number of nitrogens with one attached hydrogen (secondary N) is 1. The molecular formula is C22H22N4O5S4. The third-order valence-electron chi connectivity index (χ3n) is 5.95. The number of piperidine rings is 1. The summed E-state index contributed by atoms with van der Waals surface area (Å²) in [6.07, 6.45) is 1.76. The lowest BCUT2D eigenvalue weighted by Gasteiger charge is -2.30. The molecule has 13 heteroatoms. The molecule has 2 aromatic carbocycles. The van der Waals surface area contributed by atoms with Gasteiger partial charge in [0.05, 0.1) is 35.2 Å². The Morgan fingerprint density at radius 3 is 2.29 bits per heavy atom. The van der Waals surface area contributed by atoms with E-state index in [2.05, 4.69) is 15.3 Å². The fourth-order valence-electron chi connectivity index (χ4n) is 4.12. The van der Waals surface area contributed by atoms with Gasteiger partial charge in [-0.05, 0) is 50.1 Å². The van der Waals surface area contributed by atoms with Crippen LogP contribution >= 0.6 is 22.7 Å². The average Bonchev–Trinajstić information content (AvgIpc) is 3.40. The van der Waals surface area contributed by atoms with Crippen molar-refractivity contribution >= 4 is 74.0 Å². The number of hydrogen-bond donors (Lipinski definition) is 1. The van der Waals surface area contributed by atoms with Crippen LogP contribution in [0.2, 0.25) is 0 Å². The highest BCUT2D eigenvalue weighted by Crippen LogP contribution is 2.36. The minimum atomic E-state index is -3.87. The number of amides is 1. The number of anilines is 1. The van der Waals surface area contributed by atoms with Crippen LogP contribution in [0.4, 0.5) is 5.13 Å². The second-order valence-corrected chi connectivity index (χ2v) is 14.6. The Kier molecular flexibility index (Phi) is 6.16. The number of carbonyl (C=O) groups excluding carboxylic acids is 1. The van der Waals surface area contributed by atoms with E-state index < -0.39 is 19.9 Å². The normalized spacial score (nSPS) is 16.2. The van der Waals surface area contributed by atoms with Crippen LogP contribution in [0.15, 0.2) is 46.2 Å². The van der Waals surface area contributed by atoms with E-state index in [-0.39, 0.29) is 34.7 Å². The molecule has 1 aliphatic heterocycles. The number of benzene rings is 2. The molecule has 9 nitrogen and oxygen atoms in total. The molecule has 0 saturated carbocycles. The van der Waals surface area contributed by atoms with Crippen molar-refractivity contribution in [2.24, 2.45) is 5.92 Å². The van der Waals surface area contributed by atoms with Gasteiger partial charge < -0.3 is 5.32 Å². The summed E-state index contributed by atoms with van der Waals surface area (Å²) in [6, 6.07) is 9.17. The SMILES string of the molecule is Cc1nc2ccc3nc(NC(=O)C4CCN(S(=O)(=O)c5cccc(S(C)(=O)=O)c5)CC4)sc3c2s1. The molecule has 0 unspecified atom stereocenters. The monoisotopic (exact) mass is 550 g/mol. The number of hydrogen-bond acceptors (Lipinski definition) is 9. The molecule has 3 heterocycles. The maximum Gasteiger partial charge on any atom is 0.243 e. The molecule has 0 aliphatic carbocycles. The number of fused-ring (bicyclic) bond motifs is 3. The van der Waals surface area contributed by atoms with E-state index in [1.165, 1.54) is 39.9 Å². The topological polar surface area (TPSA) is 126 Å². The van der Waals surface area contributed by atoms with Crippen molar-refractivity contribution in [1.82, 2.24) is 14.3 Å². The number of carbonyl (C=O) groups is 1. The van der Waals surface area contributed by atoms with Gasteiger partial charge in [0.15, 0.2) is 15.0 Å². The lowest BCUT2D eigenvalue weighted by molar-refractivity contribution is -0.120. The fourth-order valence-corrected chi connectivity index (χ4v) is 8.38. The van der Waals surface area contributed by atoms with Crippen molar-refractivity contribution in [2.45, 2.75) is 29.6 Å².